The molecule has 470 valence electrons. The second kappa shape index (κ2) is 69.6. The van der Waals surface area contributed by atoms with Crippen molar-refractivity contribution in [1.82, 2.24) is 0 Å². The van der Waals surface area contributed by atoms with Crippen molar-refractivity contribution in [3.8, 4) is 0 Å². The van der Waals surface area contributed by atoms with Gasteiger partial charge in [-0.1, -0.05) is 304 Å². The third-order valence-corrected chi connectivity index (χ3v) is 15.0. The van der Waals surface area contributed by atoms with E-state index in [1.54, 1.807) is 0 Å². The second-order valence-electron chi connectivity index (χ2n) is 23.0. The molecule has 0 amide bonds. The Bertz CT molecular complexity index is 1640. The van der Waals surface area contributed by atoms with Gasteiger partial charge in [-0.05, 0) is 122 Å². The third kappa shape index (κ3) is 66.9. The molecule has 6 nitrogen and oxygen atoms in total. The van der Waals surface area contributed by atoms with Crippen LogP contribution in [0.25, 0.3) is 0 Å². The quantitative estimate of drug-likeness (QED) is 0.0261. The Kier molecular flexibility index (Phi) is 66.2. The lowest BCUT2D eigenvalue weighted by Gasteiger charge is -2.18. The molecule has 0 N–H and O–H groups in total. The first-order valence-corrected chi connectivity index (χ1v) is 34.9. The van der Waals surface area contributed by atoms with Crippen LogP contribution in [0.1, 0.15) is 335 Å². The van der Waals surface area contributed by atoms with Gasteiger partial charge in [0.05, 0.1) is 0 Å². The topological polar surface area (TPSA) is 78.9 Å². The predicted molar refractivity (Wildman–Crippen MR) is 357 cm³/mol. The molecule has 0 aliphatic carbocycles. The lowest BCUT2D eigenvalue weighted by Crippen LogP contribution is -2.30. The van der Waals surface area contributed by atoms with Crippen LogP contribution in [0.15, 0.2) is 109 Å². The highest BCUT2D eigenvalue weighted by atomic mass is 16.6. The summed E-state index contributed by atoms with van der Waals surface area (Å²) in [6, 6.07) is 0. The van der Waals surface area contributed by atoms with Gasteiger partial charge in [-0.2, -0.15) is 0 Å². The number of ether oxygens (including phenoxy) is 3. The maximum atomic E-state index is 12.9. The summed E-state index contributed by atoms with van der Waals surface area (Å²) in [5.74, 6) is -0.909. The summed E-state index contributed by atoms with van der Waals surface area (Å²) in [7, 11) is 0. The molecule has 6 heteroatoms. The smallest absolute Gasteiger partial charge is 0.306 e. The first-order valence-electron chi connectivity index (χ1n) is 34.9. The van der Waals surface area contributed by atoms with Gasteiger partial charge >= 0.3 is 17.9 Å². The van der Waals surface area contributed by atoms with Crippen LogP contribution in [0.5, 0.6) is 0 Å². The third-order valence-electron chi connectivity index (χ3n) is 15.0. The standard InChI is InChI=1S/C76H130O6/c1-4-7-10-13-16-19-22-25-27-29-30-31-32-33-34-35-36-37-38-39-40-41-42-43-44-45-46-48-49-51-54-57-60-63-66-69-75(78)81-72-73(71-80-74(77)68-65-62-59-56-53-24-21-18-15-12-9-6-3)82-76(79)70-67-64-61-58-55-52-50-47-28-26-23-20-17-14-11-8-5-2/h7-8,10-11,16-21,25-28,30-31,50,52,73H,4-6,9,12-15,22-24,29,32-49,51,53-72H2,1-3H3/b10-7-,11-8-,19-16-,20-17-,21-18-,27-25-,28-26-,31-30-,52-50-. The van der Waals surface area contributed by atoms with E-state index in [4.69, 9.17) is 14.2 Å². The molecule has 0 fully saturated rings. The van der Waals surface area contributed by atoms with Gasteiger partial charge in [-0.25, -0.2) is 0 Å². The Morgan fingerprint density at radius 3 is 0.756 bits per heavy atom. The van der Waals surface area contributed by atoms with Gasteiger partial charge in [0, 0.05) is 19.3 Å². The van der Waals surface area contributed by atoms with Gasteiger partial charge < -0.3 is 14.2 Å². The van der Waals surface area contributed by atoms with E-state index < -0.39 is 6.10 Å². The fraction of sp³-hybridized carbons (Fsp3) is 0.724. The highest BCUT2D eigenvalue weighted by Gasteiger charge is 2.19. The van der Waals surface area contributed by atoms with Crippen LogP contribution in [0.3, 0.4) is 0 Å². The molecule has 0 aromatic rings. The number of hydrogen-bond acceptors (Lipinski definition) is 6. The summed E-state index contributed by atoms with van der Waals surface area (Å²) in [4.78, 5) is 38.3. The summed E-state index contributed by atoms with van der Waals surface area (Å²) in [5, 5.41) is 0. The van der Waals surface area contributed by atoms with Gasteiger partial charge in [-0.3, -0.25) is 14.4 Å². The molecule has 0 aliphatic heterocycles. The lowest BCUT2D eigenvalue weighted by atomic mass is 10.0. The largest absolute Gasteiger partial charge is 0.462 e. The molecule has 0 aromatic carbocycles. The molecule has 0 heterocycles. The van der Waals surface area contributed by atoms with Crippen LogP contribution >= 0.6 is 0 Å². The van der Waals surface area contributed by atoms with Crippen molar-refractivity contribution < 1.29 is 28.6 Å². The lowest BCUT2D eigenvalue weighted by molar-refractivity contribution is -0.167. The van der Waals surface area contributed by atoms with Crippen LogP contribution < -0.4 is 0 Å². The minimum Gasteiger partial charge on any atom is -0.462 e. The molecule has 1 unspecified atom stereocenters. The SMILES string of the molecule is CC/C=C\C/C=C\C/C=C\C/C=C\CCCCCCCCCCCCCCCCCCCCCCCCC(=O)OCC(COC(=O)CCCCCCC/C=C\CCCCC)OC(=O)CCCCCC/C=C\C/C=C\C/C=C\C/C=C\CC. The highest BCUT2D eigenvalue weighted by molar-refractivity contribution is 5.71. The molecule has 0 rings (SSSR count). The zero-order valence-corrected chi connectivity index (χ0v) is 54.0. The summed E-state index contributed by atoms with van der Waals surface area (Å²) < 4.78 is 16.9. The molecule has 0 radical (unpaired) electrons. The number of rotatable bonds is 63. The molecule has 82 heavy (non-hydrogen) atoms. The second-order valence-corrected chi connectivity index (χ2v) is 23.0. The van der Waals surface area contributed by atoms with Crippen molar-refractivity contribution >= 4 is 17.9 Å². The van der Waals surface area contributed by atoms with Crippen molar-refractivity contribution in [3.05, 3.63) is 109 Å². The molecule has 0 spiro atoms. The molecule has 0 bridgehead atoms. The number of hydrogen-bond donors (Lipinski definition) is 0. The number of allylic oxidation sites excluding steroid dienone is 18. The Morgan fingerprint density at radius 2 is 0.476 bits per heavy atom. The van der Waals surface area contributed by atoms with E-state index in [1.807, 2.05) is 0 Å². The van der Waals surface area contributed by atoms with E-state index in [0.717, 1.165) is 128 Å². The summed E-state index contributed by atoms with van der Waals surface area (Å²) in [5.41, 5.74) is 0. The minimum atomic E-state index is -0.794. The number of carbonyl (C=O) groups excluding carboxylic acids is 3. The molecular formula is C76H130O6. The Hall–Kier alpha value is -3.93. The van der Waals surface area contributed by atoms with Crippen LogP contribution in [0, 0.1) is 0 Å². The number of carbonyl (C=O) groups is 3. The van der Waals surface area contributed by atoms with Gasteiger partial charge in [0.25, 0.3) is 0 Å². The average Bonchev–Trinajstić information content (AvgIpc) is 3.47. The number of unbranched alkanes of at least 4 members (excludes halogenated alkanes) is 34. The Balaban J connectivity index is 4.12. The van der Waals surface area contributed by atoms with E-state index >= 15 is 0 Å². The van der Waals surface area contributed by atoms with E-state index in [-0.39, 0.29) is 31.1 Å². The van der Waals surface area contributed by atoms with Crippen molar-refractivity contribution in [3.63, 3.8) is 0 Å². The Labute approximate surface area is 508 Å². The van der Waals surface area contributed by atoms with Crippen LogP contribution in [0.2, 0.25) is 0 Å². The van der Waals surface area contributed by atoms with E-state index in [9.17, 15) is 14.4 Å². The fourth-order valence-corrected chi connectivity index (χ4v) is 9.83. The first-order chi connectivity index (χ1) is 40.5. The maximum Gasteiger partial charge on any atom is 0.306 e. The summed E-state index contributed by atoms with van der Waals surface area (Å²) in [6.45, 7) is 6.39. The van der Waals surface area contributed by atoms with Gasteiger partial charge in [-0.15, -0.1) is 0 Å². The van der Waals surface area contributed by atoms with Crippen LogP contribution in [-0.4, -0.2) is 37.2 Å². The fourth-order valence-electron chi connectivity index (χ4n) is 9.83. The molecule has 0 saturated heterocycles. The van der Waals surface area contributed by atoms with E-state index in [0.29, 0.717) is 19.3 Å². The van der Waals surface area contributed by atoms with Crippen LogP contribution in [0.4, 0.5) is 0 Å². The average molecular weight is 1140 g/mol. The zero-order valence-electron chi connectivity index (χ0n) is 54.0. The van der Waals surface area contributed by atoms with E-state index in [1.165, 1.54) is 167 Å². The molecule has 1 atom stereocenters. The first kappa shape index (κ1) is 78.1. The van der Waals surface area contributed by atoms with E-state index in [2.05, 4.69) is 130 Å². The summed E-state index contributed by atoms with van der Waals surface area (Å²) >= 11 is 0. The summed E-state index contributed by atoms with van der Waals surface area (Å²) in [6.07, 6.45) is 95.6. The molecule has 0 saturated carbocycles. The Morgan fingerprint density at radius 1 is 0.256 bits per heavy atom. The normalized spacial score (nSPS) is 12.8. The highest BCUT2D eigenvalue weighted by Crippen LogP contribution is 2.17. The van der Waals surface area contributed by atoms with Gasteiger partial charge in [0.1, 0.15) is 13.2 Å². The van der Waals surface area contributed by atoms with Crippen molar-refractivity contribution in [1.29, 1.82) is 0 Å². The molecular weight excluding hydrogens is 1010 g/mol. The van der Waals surface area contributed by atoms with Crippen molar-refractivity contribution in [2.75, 3.05) is 13.2 Å². The predicted octanol–water partition coefficient (Wildman–Crippen LogP) is 24.2. The monoisotopic (exact) mass is 1140 g/mol. The van der Waals surface area contributed by atoms with Crippen LogP contribution in [-0.2, 0) is 28.6 Å². The number of esters is 3. The van der Waals surface area contributed by atoms with Crippen molar-refractivity contribution in [2.24, 2.45) is 0 Å². The van der Waals surface area contributed by atoms with Crippen molar-refractivity contribution in [2.45, 2.75) is 341 Å². The van der Waals surface area contributed by atoms with Gasteiger partial charge in [0.2, 0.25) is 0 Å². The maximum absolute atomic E-state index is 12.9. The molecule has 0 aliphatic rings. The zero-order chi connectivity index (χ0) is 59.2. The van der Waals surface area contributed by atoms with Gasteiger partial charge in [0.15, 0.2) is 6.10 Å². The molecule has 0 aromatic heterocycles. The minimum absolute atomic E-state index is 0.0877.